The average Bonchev–Trinajstić information content (AvgIpc) is 2.94. The number of carbonyl (C=O) groups is 1. The van der Waals surface area contributed by atoms with E-state index in [1.807, 2.05) is 0 Å². The highest BCUT2D eigenvalue weighted by molar-refractivity contribution is 6.04. The van der Waals surface area contributed by atoms with Gasteiger partial charge in [-0.05, 0) is 12.1 Å². The number of anilines is 2. The molecule has 0 aliphatic heterocycles. The van der Waals surface area contributed by atoms with E-state index in [1.54, 1.807) is 24.3 Å². The summed E-state index contributed by atoms with van der Waals surface area (Å²) in [6.07, 6.45) is 1.42. The standard InChI is InChI=1S/C13H14N2O4/c1-17-10-6-8(14)7-11(18-2)12(10)15-13(16)9-4-3-5-19-9/h3-7H,14H2,1-2H3,(H,15,16). The zero-order valence-corrected chi connectivity index (χ0v) is 10.6. The van der Waals surface area contributed by atoms with Crippen LogP contribution in [0.3, 0.4) is 0 Å². The Labute approximate surface area is 110 Å². The van der Waals surface area contributed by atoms with Crippen LogP contribution in [0.2, 0.25) is 0 Å². The minimum atomic E-state index is -0.397. The summed E-state index contributed by atoms with van der Waals surface area (Å²) in [7, 11) is 2.97. The summed E-state index contributed by atoms with van der Waals surface area (Å²) < 4.78 is 15.4. The van der Waals surface area contributed by atoms with Crippen molar-refractivity contribution in [1.82, 2.24) is 0 Å². The van der Waals surface area contributed by atoms with Crippen molar-refractivity contribution in [2.24, 2.45) is 0 Å². The molecule has 2 aromatic rings. The van der Waals surface area contributed by atoms with Gasteiger partial charge >= 0.3 is 0 Å². The molecule has 1 aromatic heterocycles. The first kappa shape index (κ1) is 12.8. The number of nitrogen functional groups attached to an aromatic ring is 1. The second-order valence-corrected chi connectivity index (χ2v) is 3.73. The predicted octanol–water partition coefficient (Wildman–Crippen LogP) is 2.13. The third kappa shape index (κ3) is 2.62. The highest BCUT2D eigenvalue weighted by Gasteiger charge is 2.17. The third-order valence-corrected chi connectivity index (χ3v) is 2.51. The van der Waals surface area contributed by atoms with Gasteiger partial charge in [0.1, 0.15) is 17.2 Å². The van der Waals surface area contributed by atoms with Crippen molar-refractivity contribution in [2.45, 2.75) is 0 Å². The molecule has 0 unspecified atom stereocenters. The van der Waals surface area contributed by atoms with Crippen molar-refractivity contribution < 1.29 is 18.7 Å². The summed E-state index contributed by atoms with van der Waals surface area (Å²) >= 11 is 0. The van der Waals surface area contributed by atoms with Crippen molar-refractivity contribution in [3.05, 3.63) is 36.3 Å². The van der Waals surface area contributed by atoms with E-state index in [4.69, 9.17) is 19.6 Å². The van der Waals surface area contributed by atoms with Crippen LogP contribution in [0.4, 0.5) is 11.4 Å². The molecule has 0 saturated heterocycles. The van der Waals surface area contributed by atoms with E-state index in [2.05, 4.69) is 5.32 Å². The van der Waals surface area contributed by atoms with Gasteiger partial charge in [0, 0.05) is 17.8 Å². The molecular formula is C13H14N2O4. The van der Waals surface area contributed by atoms with Gasteiger partial charge in [-0.15, -0.1) is 0 Å². The lowest BCUT2D eigenvalue weighted by molar-refractivity contribution is 0.0996. The summed E-state index contributed by atoms with van der Waals surface area (Å²) in [6, 6.07) is 6.39. The maximum atomic E-state index is 11.9. The molecule has 0 radical (unpaired) electrons. The zero-order valence-electron chi connectivity index (χ0n) is 10.6. The number of nitrogens with one attached hydrogen (secondary N) is 1. The van der Waals surface area contributed by atoms with E-state index in [-0.39, 0.29) is 5.76 Å². The van der Waals surface area contributed by atoms with E-state index in [0.717, 1.165) is 0 Å². The fourth-order valence-electron chi connectivity index (χ4n) is 1.64. The summed E-state index contributed by atoms with van der Waals surface area (Å²) in [5.41, 5.74) is 6.59. The predicted molar refractivity (Wildman–Crippen MR) is 70.6 cm³/mol. The first-order chi connectivity index (χ1) is 9.15. The number of rotatable bonds is 4. The van der Waals surface area contributed by atoms with Crippen molar-refractivity contribution in [2.75, 3.05) is 25.3 Å². The van der Waals surface area contributed by atoms with Crippen LogP contribution in [0, 0.1) is 0 Å². The Morgan fingerprint density at radius 2 is 1.89 bits per heavy atom. The molecule has 100 valence electrons. The number of ether oxygens (including phenoxy) is 2. The number of amides is 1. The Balaban J connectivity index is 2.36. The van der Waals surface area contributed by atoms with Crippen molar-refractivity contribution >= 4 is 17.3 Å². The number of benzene rings is 1. The van der Waals surface area contributed by atoms with E-state index in [9.17, 15) is 4.79 Å². The molecule has 6 heteroatoms. The molecule has 1 aromatic carbocycles. The maximum Gasteiger partial charge on any atom is 0.291 e. The number of hydrogen-bond donors (Lipinski definition) is 2. The lowest BCUT2D eigenvalue weighted by Gasteiger charge is -2.14. The zero-order chi connectivity index (χ0) is 13.8. The van der Waals surface area contributed by atoms with E-state index < -0.39 is 5.91 Å². The monoisotopic (exact) mass is 262 g/mol. The molecule has 0 bridgehead atoms. The lowest BCUT2D eigenvalue weighted by Crippen LogP contribution is -2.13. The molecule has 0 atom stereocenters. The Bertz CT molecular complexity index is 553. The Kier molecular flexibility index (Phi) is 3.61. The Hall–Kier alpha value is -2.63. The van der Waals surface area contributed by atoms with Crippen LogP contribution in [0.5, 0.6) is 11.5 Å². The topological polar surface area (TPSA) is 86.7 Å². The molecule has 0 aliphatic rings. The summed E-state index contributed by atoms with van der Waals surface area (Å²) in [5, 5.41) is 2.67. The van der Waals surface area contributed by atoms with Crippen LogP contribution in [-0.4, -0.2) is 20.1 Å². The number of methoxy groups -OCH3 is 2. The van der Waals surface area contributed by atoms with E-state index in [0.29, 0.717) is 22.9 Å². The second kappa shape index (κ2) is 5.34. The van der Waals surface area contributed by atoms with Gasteiger partial charge in [0.15, 0.2) is 5.76 Å². The molecule has 1 heterocycles. The molecule has 1 amide bonds. The van der Waals surface area contributed by atoms with Crippen molar-refractivity contribution in [1.29, 1.82) is 0 Å². The smallest absolute Gasteiger partial charge is 0.291 e. The Morgan fingerprint density at radius 3 is 2.37 bits per heavy atom. The lowest BCUT2D eigenvalue weighted by atomic mass is 10.2. The fraction of sp³-hybridized carbons (Fsp3) is 0.154. The minimum absolute atomic E-state index is 0.195. The highest BCUT2D eigenvalue weighted by Crippen LogP contribution is 2.37. The number of carbonyl (C=O) groups excluding carboxylic acids is 1. The van der Waals surface area contributed by atoms with Gasteiger partial charge in [-0.25, -0.2) is 0 Å². The molecular weight excluding hydrogens is 248 g/mol. The molecule has 0 spiro atoms. The first-order valence-electron chi connectivity index (χ1n) is 5.52. The normalized spacial score (nSPS) is 10.0. The van der Waals surface area contributed by atoms with Crippen LogP contribution in [0.25, 0.3) is 0 Å². The molecule has 0 fully saturated rings. The first-order valence-corrected chi connectivity index (χ1v) is 5.52. The third-order valence-electron chi connectivity index (χ3n) is 2.51. The quantitative estimate of drug-likeness (QED) is 0.824. The highest BCUT2D eigenvalue weighted by atomic mass is 16.5. The van der Waals surface area contributed by atoms with E-state index >= 15 is 0 Å². The van der Waals surface area contributed by atoms with E-state index in [1.165, 1.54) is 20.5 Å². The average molecular weight is 262 g/mol. The van der Waals surface area contributed by atoms with Crippen LogP contribution in [0.1, 0.15) is 10.6 Å². The van der Waals surface area contributed by atoms with Crippen LogP contribution in [-0.2, 0) is 0 Å². The fourth-order valence-corrected chi connectivity index (χ4v) is 1.64. The van der Waals surface area contributed by atoms with Crippen LogP contribution < -0.4 is 20.5 Å². The molecule has 0 saturated carbocycles. The van der Waals surface area contributed by atoms with Gasteiger partial charge in [-0.2, -0.15) is 0 Å². The number of nitrogens with two attached hydrogens (primary N) is 1. The maximum absolute atomic E-state index is 11.9. The summed E-state index contributed by atoms with van der Waals surface area (Å²) in [5.74, 6) is 0.626. The molecule has 19 heavy (non-hydrogen) atoms. The van der Waals surface area contributed by atoms with Gasteiger partial charge in [-0.1, -0.05) is 0 Å². The van der Waals surface area contributed by atoms with Gasteiger partial charge in [0.25, 0.3) is 5.91 Å². The molecule has 2 rings (SSSR count). The summed E-state index contributed by atoms with van der Waals surface area (Å²) in [6.45, 7) is 0. The molecule has 0 aliphatic carbocycles. The van der Waals surface area contributed by atoms with Crippen molar-refractivity contribution in [3.8, 4) is 11.5 Å². The van der Waals surface area contributed by atoms with Gasteiger partial charge in [-0.3, -0.25) is 4.79 Å². The Morgan fingerprint density at radius 1 is 1.26 bits per heavy atom. The second-order valence-electron chi connectivity index (χ2n) is 3.73. The van der Waals surface area contributed by atoms with Gasteiger partial charge < -0.3 is 24.9 Å². The summed E-state index contributed by atoms with van der Waals surface area (Å²) in [4.78, 5) is 11.9. The minimum Gasteiger partial charge on any atom is -0.494 e. The number of furan rings is 1. The SMILES string of the molecule is COc1cc(N)cc(OC)c1NC(=O)c1ccco1. The van der Waals surface area contributed by atoms with Crippen molar-refractivity contribution in [3.63, 3.8) is 0 Å². The number of hydrogen-bond acceptors (Lipinski definition) is 5. The van der Waals surface area contributed by atoms with Crippen LogP contribution in [0.15, 0.2) is 34.9 Å². The molecule has 3 N–H and O–H groups in total. The van der Waals surface area contributed by atoms with Gasteiger partial charge in [0.05, 0.1) is 20.5 Å². The largest absolute Gasteiger partial charge is 0.494 e. The van der Waals surface area contributed by atoms with Crippen LogP contribution >= 0.6 is 0 Å². The molecule has 6 nitrogen and oxygen atoms in total. The van der Waals surface area contributed by atoms with Gasteiger partial charge in [0.2, 0.25) is 0 Å².